The second-order valence-electron chi connectivity index (χ2n) is 9.83. The molecule has 1 unspecified atom stereocenters. The van der Waals surface area contributed by atoms with Gasteiger partial charge in [0.1, 0.15) is 11.5 Å². The van der Waals surface area contributed by atoms with Gasteiger partial charge in [-0.1, -0.05) is 36.0 Å². The number of hydrogen-bond donors (Lipinski definition) is 1. The van der Waals surface area contributed by atoms with E-state index in [-0.39, 0.29) is 24.2 Å². The van der Waals surface area contributed by atoms with Crippen LogP contribution >= 0.6 is 11.8 Å². The summed E-state index contributed by atoms with van der Waals surface area (Å²) in [6, 6.07) is 19.3. The molecule has 1 aliphatic heterocycles. The third-order valence-corrected chi connectivity index (χ3v) is 7.78. The summed E-state index contributed by atoms with van der Waals surface area (Å²) in [5, 5.41) is 0.411. The van der Waals surface area contributed by atoms with Crippen molar-refractivity contribution in [3.05, 3.63) is 111 Å². The monoisotopic (exact) mass is 597 g/mol. The van der Waals surface area contributed by atoms with Crippen LogP contribution in [-0.2, 0) is 37.0 Å². The van der Waals surface area contributed by atoms with Crippen LogP contribution < -0.4 is 19.9 Å². The van der Waals surface area contributed by atoms with Gasteiger partial charge in [0.05, 0.1) is 43.8 Å². The van der Waals surface area contributed by atoms with E-state index in [0.29, 0.717) is 46.7 Å². The average Bonchev–Trinajstić information content (AvgIpc) is 3.00. The van der Waals surface area contributed by atoms with Crippen LogP contribution in [0.25, 0.3) is 0 Å². The normalized spacial score (nSPS) is 14.8. The molecule has 0 radical (unpaired) electrons. The molecular formula is C31H30F3N3O4S. The standard InChI is InChI=1S/C31H30F3N3O4S/c1-39-22-9-4-19(5-10-22)16-37(17-20-6-11-23(40-2)12-7-20)21-8-13-26(31(32,33)34)24(14-21)28-15-27-25(18-41-28)29(38)36-30(35-27)42-3/h4-14,28H,15-18H2,1-3H3,(H,35,36,38). The van der Waals surface area contributed by atoms with Gasteiger partial charge in [-0.25, -0.2) is 4.98 Å². The van der Waals surface area contributed by atoms with Crippen LogP contribution in [-0.4, -0.2) is 30.4 Å². The van der Waals surface area contributed by atoms with Gasteiger partial charge in [-0.2, -0.15) is 13.2 Å². The number of halogens is 3. The maximum absolute atomic E-state index is 14.3. The summed E-state index contributed by atoms with van der Waals surface area (Å²) < 4.78 is 59.3. The molecule has 0 fully saturated rings. The Morgan fingerprint density at radius 2 is 1.57 bits per heavy atom. The van der Waals surface area contributed by atoms with Crippen molar-refractivity contribution in [3.63, 3.8) is 0 Å². The minimum Gasteiger partial charge on any atom is -0.497 e. The highest BCUT2D eigenvalue weighted by atomic mass is 32.2. The zero-order valence-electron chi connectivity index (χ0n) is 23.3. The lowest BCUT2D eigenvalue weighted by molar-refractivity contribution is -0.139. The first-order valence-corrected chi connectivity index (χ1v) is 14.4. The smallest absolute Gasteiger partial charge is 0.416 e. The van der Waals surface area contributed by atoms with Gasteiger partial charge < -0.3 is 24.1 Å². The molecule has 220 valence electrons. The van der Waals surface area contributed by atoms with E-state index in [0.717, 1.165) is 17.2 Å². The van der Waals surface area contributed by atoms with Crippen molar-refractivity contribution in [1.29, 1.82) is 0 Å². The Bertz CT molecular complexity index is 1540. The fourth-order valence-corrected chi connectivity index (χ4v) is 5.36. The van der Waals surface area contributed by atoms with Gasteiger partial charge >= 0.3 is 6.18 Å². The lowest BCUT2D eigenvalue weighted by atomic mass is 9.94. The van der Waals surface area contributed by atoms with E-state index in [1.165, 1.54) is 17.8 Å². The van der Waals surface area contributed by atoms with Crippen LogP contribution in [0.1, 0.15) is 39.6 Å². The number of nitrogens with zero attached hydrogens (tertiary/aromatic N) is 2. The Labute approximate surface area is 245 Å². The number of methoxy groups -OCH3 is 2. The zero-order chi connectivity index (χ0) is 29.9. The van der Waals surface area contributed by atoms with Crippen LogP contribution in [0.4, 0.5) is 18.9 Å². The maximum atomic E-state index is 14.3. The number of anilines is 1. The summed E-state index contributed by atoms with van der Waals surface area (Å²) >= 11 is 1.26. The fourth-order valence-electron chi connectivity index (χ4n) is 4.97. The van der Waals surface area contributed by atoms with Crippen molar-refractivity contribution >= 4 is 17.4 Å². The number of ether oxygens (including phenoxy) is 3. The number of thioether (sulfide) groups is 1. The zero-order valence-corrected chi connectivity index (χ0v) is 24.1. The van der Waals surface area contributed by atoms with E-state index < -0.39 is 17.8 Å². The van der Waals surface area contributed by atoms with Crippen molar-refractivity contribution in [2.24, 2.45) is 0 Å². The van der Waals surface area contributed by atoms with Gasteiger partial charge in [-0.3, -0.25) is 4.79 Å². The first kappa shape index (κ1) is 29.5. The minimum atomic E-state index is -4.60. The molecule has 11 heteroatoms. The molecule has 0 spiro atoms. The van der Waals surface area contributed by atoms with Crippen LogP contribution in [0.2, 0.25) is 0 Å². The van der Waals surface area contributed by atoms with Gasteiger partial charge in [-0.05, 0) is 65.4 Å². The molecule has 1 aromatic heterocycles. The lowest BCUT2D eigenvalue weighted by Gasteiger charge is -2.30. The number of alkyl halides is 3. The summed E-state index contributed by atoms with van der Waals surface area (Å²) in [7, 11) is 3.18. The number of aromatic nitrogens is 2. The number of nitrogens with one attached hydrogen (secondary N) is 1. The fraction of sp³-hybridized carbons (Fsp3) is 0.290. The number of hydrogen-bond acceptors (Lipinski definition) is 7. The first-order valence-electron chi connectivity index (χ1n) is 13.2. The van der Waals surface area contributed by atoms with Gasteiger partial charge in [0, 0.05) is 25.2 Å². The van der Waals surface area contributed by atoms with E-state index in [9.17, 15) is 18.0 Å². The molecular weight excluding hydrogens is 567 g/mol. The van der Waals surface area contributed by atoms with Gasteiger partial charge in [0.15, 0.2) is 5.16 Å². The summed E-state index contributed by atoms with van der Waals surface area (Å²) in [5.74, 6) is 1.42. The van der Waals surface area contributed by atoms with Gasteiger partial charge in [-0.15, -0.1) is 0 Å². The number of rotatable bonds is 9. The maximum Gasteiger partial charge on any atom is 0.416 e. The SMILES string of the molecule is COc1ccc(CN(Cc2ccc(OC)cc2)c2ccc(C(F)(F)F)c(C3Cc4nc(SC)[nH]c(=O)c4CO3)c2)cc1. The molecule has 0 saturated heterocycles. The molecule has 42 heavy (non-hydrogen) atoms. The molecule has 5 rings (SSSR count). The van der Waals surface area contributed by atoms with Crippen molar-refractivity contribution in [2.45, 2.75) is 43.6 Å². The van der Waals surface area contributed by atoms with Crippen molar-refractivity contribution in [3.8, 4) is 11.5 Å². The Hall–Kier alpha value is -3.96. The molecule has 0 saturated carbocycles. The van der Waals surface area contributed by atoms with E-state index >= 15 is 0 Å². The second-order valence-corrected chi connectivity index (χ2v) is 10.6. The molecule has 0 bridgehead atoms. The highest BCUT2D eigenvalue weighted by Gasteiger charge is 2.37. The highest BCUT2D eigenvalue weighted by Crippen LogP contribution is 2.41. The van der Waals surface area contributed by atoms with Crippen LogP contribution in [0, 0.1) is 0 Å². The quantitative estimate of drug-likeness (QED) is 0.173. The van der Waals surface area contributed by atoms with E-state index in [2.05, 4.69) is 9.97 Å². The molecule has 3 aromatic carbocycles. The van der Waals surface area contributed by atoms with E-state index in [1.54, 1.807) is 26.5 Å². The molecule has 4 aromatic rings. The summed E-state index contributed by atoms with van der Waals surface area (Å²) in [5.41, 5.74) is 2.21. The van der Waals surface area contributed by atoms with Crippen LogP contribution in [0.3, 0.4) is 0 Å². The lowest BCUT2D eigenvalue weighted by Crippen LogP contribution is -2.28. The van der Waals surface area contributed by atoms with Crippen molar-refractivity contribution in [1.82, 2.24) is 9.97 Å². The third kappa shape index (κ3) is 6.57. The van der Waals surface area contributed by atoms with Crippen molar-refractivity contribution in [2.75, 3.05) is 25.4 Å². The number of benzene rings is 3. The molecule has 0 amide bonds. The molecule has 1 atom stereocenters. The number of H-pyrrole nitrogens is 1. The first-order chi connectivity index (χ1) is 20.2. The number of aromatic amines is 1. The Kier molecular flexibility index (Phi) is 8.79. The molecule has 0 aliphatic carbocycles. The summed E-state index contributed by atoms with van der Waals surface area (Å²) in [6.45, 7) is 0.742. The third-order valence-electron chi connectivity index (χ3n) is 7.20. The van der Waals surface area contributed by atoms with Crippen LogP contribution in [0.5, 0.6) is 11.5 Å². The second kappa shape index (κ2) is 12.5. The summed E-state index contributed by atoms with van der Waals surface area (Å²) in [4.78, 5) is 21.7. The highest BCUT2D eigenvalue weighted by molar-refractivity contribution is 7.98. The topological polar surface area (TPSA) is 76.7 Å². The van der Waals surface area contributed by atoms with Crippen LogP contribution in [0.15, 0.2) is 76.7 Å². The van der Waals surface area contributed by atoms with Gasteiger partial charge in [0.2, 0.25) is 0 Å². The Balaban J connectivity index is 1.54. The van der Waals surface area contributed by atoms with Gasteiger partial charge in [0.25, 0.3) is 5.56 Å². The predicted octanol–water partition coefficient (Wildman–Crippen LogP) is 6.55. The Morgan fingerprint density at radius 1 is 0.976 bits per heavy atom. The number of fused-ring (bicyclic) bond motifs is 1. The molecule has 1 aliphatic rings. The predicted molar refractivity (Wildman–Crippen MR) is 155 cm³/mol. The average molecular weight is 598 g/mol. The van der Waals surface area contributed by atoms with E-state index in [1.807, 2.05) is 53.4 Å². The van der Waals surface area contributed by atoms with Crippen molar-refractivity contribution < 1.29 is 27.4 Å². The molecule has 2 heterocycles. The minimum absolute atomic E-state index is 0.00731. The largest absolute Gasteiger partial charge is 0.497 e. The molecule has 7 nitrogen and oxygen atoms in total. The van der Waals surface area contributed by atoms with E-state index in [4.69, 9.17) is 14.2 Å². The molecule has 1 N–H and O–H groups in total. The summed E-state index contributed by atoms with van der Waals surface area (Å²) in [6.07, 6.45) is -3.70. The Morgan fingerprint density at radius 3 is 2.10 bits per heavy atom.